The lowest BCUT2D eigenvalue weighted by Crippen LogP contribution is -2.30. The first-order valence-electron chi connectivity index (χ1n) is 3.22. The van der Waals surface area contributed by atoms with Crippen molar-refractivity contribution in [3.8, 4) is 0 Å². The van der Waals surface area contributed by atoms with Crippen LogP contribution in [0.2, 0.25) is 0 Å². The molecule has 66 valence electrons. The summed E-state index contributed by atoms with van der Waals surface area (Å²) in [5.74, 6) is -1.02. The Kier molecular flexibility index (Phi) is 3.19. The van der Waals surface area contributed by atoms with Gasteiger partial charge < -0.3 is 9.84 Å². The number of alkyl halides is 1. The number of carboxylic acids is 1. The Balaban J connectivity index is 2.66. The van der Waals surface area contributed by atoms with Gasteiger partial charge in [0.25, 0.3) is 0 Å². The maximum absolute atomic E-state index is 10.5. The maximum atomic E-state index is 10.5. The molecule has 3 atom stereocenters. The second kappa shape index (κ2) is 3.97. The molecule has 1 aliphatic heterocycles. The third-order valence-electron chi connectivity index (χ3n) is 1.57. The van der Waals surface area contributed by atoms with E-state index in [2.05, 4.69) is 4.99 Å². The molecule has 1 aliphatic rings. The maximum Gasteiger partial charge on any atom is 0.334 e. The quantitative estimate of drug-likeness (QED) is 0.334. The number of ether oxygens (including phenoxy) is 1. The van der Waals surface area contributed by atoms with Crippen LogP contribution >= 0.6 is 22.6 Å². The number of carbonyl (C=O) groups is 1. The highest BCUT2D eigenvalue weighted by Gasteiger charge is 2.40. The molecule has 3 unspecified atom stereocenters. The smallest absolute Gasteiger partial charge is 0.334 e. The Morgan fingerprint density at radius 1 is 1.75 bits per heavy atom. The van der Waals surface area contributed by atoms with E-state index in [9.17, 15) is 9.59 Å². The number of halogens is 1. The molecule has 1 rings (SSSR count). The molecule has 6 heteroatoms. The van der Waals surface area contributed by atoms with E-state index in [1.54, 1.807) is 0 Å². The molecule has 0 aromatic heterocycles. The molecule has 1 saturated heterocycles. The Morgan fingerprint density at radius 2 is 2.42 bits per heavy atom. The van der Waals surface area contributed by atoms with Gasteiger partial charge in [0, 0.05) is 0 Å². The summed E-state index contributed by atoms with van der Waals surface area (Å²) < 4.78 is 4.62. The number of rotatable bonds is 2. The predicted molar refractivity (Wildman–Crippen MR) is 47.1 cm³/mol. The van der Waals surface area contributed by atoms with Gasteiger partial charge >= 0.3 is 5.97 Å². The van der Waals surface area contributed by atoms with Crippen LogP contribution in [0.15, 0.2) is 4.99 Å². The van der Waals surface area contributed by atoms with Gasteiger partial charge in [-0.05, 0) is 0 Å². The molecule has 0 saturated carbocycles. The summed E-state index contributed by atoms with van der Waals surface area (Å²) in [6.07, 6.45) is 0.543. The van der Waals surface area contributed by atoms with Gasteiger partial charge in [-0.15, -0.1) is 0 Å². The van der Waals surface area contributed by atoms with Gasteiger partial charge in [0.15, 0.2) is 6.10 Å². The highest BCUT2D eigenvalue weighted by molar-refractivity contribution is 14.1. The van der Waals surface area contributed by atoms with Crippen LogP contribution in [-0.2, 0) is 14.3 Å². The third-order valence-corrected chi connectivity index (χ3v) is 3.05. The normalized spacial score (nSPS) is 34.2. The van der Waals surface area contributed by atoms with Crippen molar-refractivity contribution in [2.45, 2.75) is 16.1 Å². The topological polar surface area (TPSA) is 76.0 Å². The second-order valence-corrected chi connectivity index (χ2v) is 3.76. The Bertz CT molecular complexity index is 228. The highest BCUT2D eigenvalue weighted by atomic mass is 127. The fourth-order valence-corrected chi connectivity index (χ4v) is 1.86. The predicted octanol–water partition coefficient (Wildman–Crippen LogP) is -0.0222. The zero-order valence-corrected chi connectivity index (χ0v) is 8.09. The largest absolute Gasteiger partial charge is 0.479 e. The van der Waals surface area contributed by atoms with Gasteiger partial charge in [0.1, 0.15) is 6.04 Å². The fraction of sp³-hybridized carbons (Fsp3) is 0.667. The summed E-state index contributed by atoms with van der Waals surface area (Å²) in [6.45, 7) is 0.180. The van der Waals surface area contributed by atoms with E-state index in [-0.39, 0.29) is 16.6 Å². The van der Waals surface area contributed by atoms with Gasteiger partial charge in [-0.3, -0.25) is 0 Å². The summed E-state index contributed by atoms with van der Waals surface area (Å²) in [6, 6.07) is -0.371. The lowest BCUT2D eigenvalue weighted by molar-refractivity contribution is -0.146. The molecule has 0 aromatic carbocycles. The van der Waals surface area contributed by atoms with Crippen molar-refractivity contribution in [3.63, 3.8) is 0 Å². The van der Waals surface area contributed by atoms with E-state index >= 15 is 0 Å². The van der Waals surface area contributed by atoms with Crippen LogP contribution in [0.5, 0.6) is 0 Å². The van der Waals surface area contributed by atoms with Gasteiger partial charge in [-0.2, -0.15) is 4.99 Å². The van der Waals surface area contributed by atoms with E-state index in [0.29, 0.717) is 0 Å². The first kappa shape index (κ1) is 9.63. The third kappa shape index (κ3) is 1.82. The standard InChI is InChI=1S/C6H6INO4/c7-4-3(8-2-9)1-12-5(4)6(10)11/h3-5H,1H2,(H,10,11). The first-order valence-corrected chi connectivity index (χ1v) is 4.47. The average Bonchev–Trinajstić information content (AvgIpc) is 2.34. The van der Waals surface area contributed by atoms with Crippen molar-refractivity contribution in [1.82, 2.24) is 0 Å². The number of aliphatic imine (C=N–C) groups is 1. The van der Waals surface area contributed by atoms with E-state index in [0.717, 1.165) is 0 Å². The molecule has 1 fully saturated rings. The van der Waals surface area contributed by atoms with Crippen LogP contribution in [0.3, 0.4) is 0 Å². The number of hydrogen-bond acceptors (Lipinski definition) is 4. The van der Waals surface area contributed by atoms with Crippen LogP contribution in [0, 0.1) is 0 Å². The van der Waals surface area contributed by atoms with Crippen LogP contribution < -0.4 is 0 Å². The molecular formula is C6H6INO4. The molecule has 0 bridgehead atoms. The molecule has 0 aliphatic carbocycles. The Labute approximate surface area is 81.9 Å². The van der Waals surface area contributed by atoms with Crippen molar-refractivity contribution in [1.29, 1.82) is 0 Å². The van der Waals surface area contributed by atoms with Crippen LogP contribution in [0.1, 0.15) is 0 Å². The Hall–Kier alpha value is -0.460. The molecule has 1 heterocycles. The summed E-state index contributed by atoms with van der Waals surface area (Å²) >= 11 is 1.92. The van der Waals surface area contributed by atoms with Crippen LogP contribution in [0.4, 0.5) is 0 Å². The molecule has 0 aromatic rings. The number of nitrogens with zero attached hydrogens (tertiary/aromatic N) is 1. The molecule has 0 amide bonds. The highest BCUT2D eigenvalue weighted by Crippen LogP contribution is 2.24. The number of isocyanates is 1. The summed E-state index contributed by atoms with van der Waals surface area (Å²) in [7, 11) is 0. The average molecular weight is 283 g/mol. The van der Waals surface area contributed by atoms with Crippen molar-refractivity contribution in [2.75, 3.05) is 6.61 Å². The second-order valence-electron chi connectivity index (χ2n) is 2.32. The zero-order chi connectivity index (χ0) is 9.14. The van der Waals surface area contributed by atoms with E-state index in [1.165, 1.54) is 6.08 Å². The van der Waals surface area contributed by atoms with Gasteiger partial charge in [0.05, 0.1) is 10.5 Å². The molecule has 12 heavy (non-hydrogen) atoms. The fourth-order valence-electron chi connectivity index (χ4n) is 0.972. The van der Waals surface area contributed by atoms with Gasteiger partial charge in [0.2, 0.25) is 6.08 Å². The first-order chi connectivity index (χ1) is 5.66. The van der Waals surface area contributed by atoms with Crippen LogP contribution in [-0.4, -0.2) is 39.8 Å². The minimum atomic E-state index is -1.02. The van der Waals surface area contributed by atoms with Gasteiger partial charge in [-0.1, -0.05) is 22.6 Å². The summed E-state index contributed by atoms with van der Waals surface area (Å²) in [5.41, 5.74) is 0. The van der Waals surface area contributed by atoms with Crippen molar-refractivity contribution >= 4 is 34.6 Å². The number of carboxylic acid groups (broad SMARTS) is 1. The molecular weight excluding hydrogens is 277 g/mol. The van der Waals surface area contributed by atoms with Crippen molar-refractivity contribution in [3.05, 3.63) is 0 Å². The van der Waals surface area contributed by atoms with Crippen molar-refractivity contribution in [2.24, 2.45) is 4.99 Å². The van der Waals surface area contributed by atoms with Crippen molar-refractivity contribution < 1.29 is 19.4 Å². The lowest BCUT2D eigenvalue weighted by atomic mass is 10.2. The zero-order valence-electron chi connectivity index (χ0n) is 5.94. The number of carbonyl (C=O) groups excluding carboxylic acids is 1. The minimum absolute atomic E-state index is 0.180. The van der Waals surface area contributed by atoms with E-state index in [1.807, 2.05) is 22.6 Å². The van der Waals surface area contributed by atoms with E-state index < -0.39 is 12.1 Å². The summed E-state index contributed by atoms with van der Waals surface area (Å²) in [4.78, 5) is 23.8. The van der Waals surface area contributed by atoms with Gasteiger partial charge in [-0.25, -0.2) is 9.59 Å². The van der Waals surface area contributed by atoms with E-state index in [4.69, 9.17) is 9.84 Å². The lowest BCUT2D eigenvalue weighted by Gasteiger charge is -2.07. The monoisotopic (exact) mass is 283 g/mol. The minimum Gasteiger partial charge on any atom is -0.479 e. The van der Waals surface area contributed by atoms with Crippen LogP contribution in [0.25, 0.3) is 0 Å². The molecule has 0 spiro atoms. The number of aliphatic carboxylic acids is 1. The molecule has 5 nitrogen and oxygen atoms in total. The summed E-state index contributed by atoms with van der Waals surface area (Å²) in [5, 5.41) is 8.60. The molecule has 1 N–H and O–H groups in total. The number of hydrogen-bond donors (Lipinski definition) is 1. The SMILES string of the molecule is O=C=NC1COC(C(=O)O)C1I. The molecule has 0 radical (unpaired) electrons. The Morgan fingerprint density at radius 3 is 2.83 bits per heavy atom.